The Morgan fingerprint density at radius 3 is 2.58 bits per heavy atom. The molecule has 0 aliphatic rings. The number of unbranched alkanes of at least 4 members (excludes halogenated alkanes) is 1. The lowest BCUT2D eigenvalue weighted by atomic mass is 10.2. The lowest BCUT2D eigenvalue weighted by molar-refractivity contribution is -0.385. The number of halogens is 2. The van der Waals surface area contributed by atoms with E-state index >= 15 is 0 Å². The number of nitro groups is 1. The predicted molar refractivity (Wildman–Crippen MR) is 147 cm³/mol. The molecule has 0 atom stereocenters. The first-order valence-corrected chi connectivity index (χ1v) is 12.9. The number of fused-ring (bicyclic) bond motifs is 1. The lowest BCUT2D eigenvalue weighted by Gasteiger charge is -2.11. The van der Waals surface area contributed by atoms with Gasteiger partial charge in [-0.3, -0.25) is 14.9 Å². The molecule has 1 heterocycles. The zero-order valence-corrected chi connectivity index (χ0v) is 22.5. The molecule has 3 aromatic carbocycles. The molecule has 0 aliphatic carbocycles. The first-order valence-electron chi connectivity index (χ1n) is 11.3. The topological polar surface area (TPSA) is 99.6 Å². The van der Waals surface area contributed by atoms with Gasteiger partial charge in [0.1, 0.15) is 12.4 Å². The van der Waals surface area contributed by atoms with E-state index in [9.17, 15) is 14.9 Å². The van der Waals surface area contributed by atoms with Crippen LogP contribution in [-0.4, -0.2) is 20.8 Å². The Kier molecular flexibility index (Phi) is 8.27. The van der Waals surface area contributed by atoms with E-state index in [2.05, 4.69) is 48.9 Å². The second kappa shape index (κ2) is 11.6. The maximum absolute atomic E-state index is 13.3. The predicted octanol–water partition coefficient (Wildman–Crippen LogP) is 6.63. The summed E-state index contributed by atoms with van der Waals surface area (Å²) in [5.41, 5.74) is 1.32. The number of ether oxygens (including phenoxy) is 1. The van der Waals surface area contributed by atoms with Gasteiger partial charge in [0.2, 0.25) is 5.75 Å². The van der Waals surface area contributed by atoms with E-state index in [0.29, 0.717) is 28.7 Å². The van der Waals surface area contributed by atoms with Crippen LogP contribution in [0.5, 0.6) is 5.75 Å². The number of rotatable bonds is 9. The number of hydrogen-bond donors (Lipinski definition) is 0. The van der Waals surface area contributed by atoms with E-state index in [-0.39, 0.29) is 23.6 Å². The SMILES string of the molecule is CCCCc1nc2ccc(Br)cc2c(=O)n1N=Cc1cccc([N+](=O)[O-])c1OCc1ccc(Br)cc1. The number of hydrogen-bond acceptors (Lipinski definition) is 6. The fraction of sp³-hybridized carbons (Fsp3) is 0.192. The van der Waals surface area contributed by atoms with Gasteiger partial charge in [-0.25, -0.2) is 4.98 Å². The van der Waals surface area contributed by atoms with Gasteiger partial charge in [0, 0.05) is 27.0 Å². The zero-order chi connectivity index (χ0) is 25.7. The molecule has 0 aliphatic heterocycles. The summed E-state index contributed by atoms with van der Waals surface area (Å²) < 4.78 is 8.84. The van der Waals surface area contributed by atoms with Crippen molar-refractivity contribution in [2.24, 2.45) is 5.10 Å². The molecule has 184 valence electrons. The van der Waals surface area contributed by atoms with E-state index in [1.165, 1.54) is 17.0 Å². The van der Waals surface area contributed by atoms with Crippen LogP contribution in [0.3, 0.4) is 0 Å². The molecule has 8 nitrogen and oxygen atoms in total. The van der Waals surface area contributed by atoms with Crippen LogP contribution in [0, 0.1) is 10.1 Å². The second-order valence-electron chi connectivity index (χ2n) is 8.02. The van der Waals surface area contributed by atoms with Crippen molar-refractivity contribution in [3.05, 3.63) is 107 Å². The van der Waals surface area contributed by atoms with Gasteiger partial charge >= 0.3 is 5.69 Å². The highest BCUT2D eigenvalue weighted by molar-refractivity contribution is 9.10. The van der Waals surface area contributed by atoms with Crippen LogP contribution in [0.2, 0.25) is 0 Å². The normalized spacial score (nSPS) is 11.3. The van der Waals surface area contributed by atoms with E-state index in [1.807, 2.05) is 30.3 Å². The number of nitrogens with zero attached hydrogens (tertiary/aromatic N) is 4. The molecule has 0 N–H and O–H groups in total. The van der Waals surface area contributed by atoms with Crippen LogP contribution in [0.15, 0.2) is 79.5 Å². The summed E-state index contributed by atoms with van der Waals surface area (Å²) in [4.78, 5) is 29.2. The molecule has 1 aromatic heterocycles. The number of aromatic nitrogens is 2. The first-order chi connectivity index (χ1) is 17.4. The highest BCUT2D eigenvalue weighted by Gasteiger charge is 2.19. The Morgan fingerprint density at radius 2 is 1.86 bits per heavy atom. The number of para-hydroxylation sites is 1. The third kappa shape index (κ3) is 5.88. The Balaban J connectivity index is 1.76. The number of benzene rings is 3. The lowest BCUT2D eigenvalue weighted by Crippen LogP contribution is -2.22. The minimum atomic E-state index is -0.498. The highest BCUT2D eigenvalue weighted by atomic mass is 79.9. The molecular weight excluding hydrogens is 592 g/mol. The van der Waals surface area contributed by atoms with Crippen LogP contribution in [-0.2, 0) is 13.0 Å². The summed E-state index contributed by atoms with van der Waals surface area (Å²) in [6, 6.07) is 17.4. The summed E-state index contributed by atoms with van der Waals surface area (Å²) in [6.45, 7) is 2.19. The van der Waals surface area contributed by atoms with Crippen molar-refractivity contribution in [2.45, 2.75) is 32.8 Å². The number of aryl methyl sites for hydroxylation is 1. The van der Waals surface area contributed by atoms with Crippen LogP contribution < -0.4 is 10.3 Å². The van der Waals surface area contributed by atoms with E-state index < -0.39 is 4.92 Å². The van der Waals surface area contributed by atoms with Crippen molar-refractivity contribution in [1.29, 1.82) is 0 Å². The fourth-order valence-electron chi connectivity index (χ4n) is 3.61. The second-order valence-corrected chi connectivity index (χ2v) is 9.85. The molecule has 4 rings (SSSR count). The molecular formula is C26H22Br2N4O4. The van der Waals surface area contributed by atoms with Crippen LogP contribution in [0.1, 0.15) is 36.7 Å². The molecule has 36 heavy (non-hydrogen) atoms. The van der Waals surface area contributed by atoms with Gasteiger partial charge in [-0.2, -0.15) is 9.78 Å². The van der Waals surface area contributed by atoms with Crippen LogP contribution >= 0.6 is 31.9 Å². The van der Waals surface area contributed by atoms with Gasteiger partial charge in [-0.1, -0.05) is 63.4 Å². The van der Waals surface area contributed by atoms with Gasteiger partial charge in [-0.05, 0) is 48.4 Å². The summed E-state index contributed by atoms with van der Waals surface area (Å²) in [7, 11) is 0. The van der Waals surface area contributed by atoms with E-state index in [4.69, 9.17) is 4.74 Å². The Labute approximate surface area is 224 Å². The summed E-state index contributed by atoms with van der Waals surface area (Å²) >= 11 is 6.79. The van der Waals surface area contributed by atoms with Crippen LogP contribution in [0.4, 0.5) is 5.69 Å². The zero-order valence-electron chi connectivity index (χ0n) is 19.4. The third-order valence-electron chi connectivity index (χ3n) is 5.46. The molecule has 0 saturated heterocycles. The minimum absolute atomic E-state index is 0.0776. The Hall–Kier alpha value is -3.37. The minimum Gasteiger partial charge on any atom is -0.481 e. The van der Waals surface area contributed by atoms with Crippen molar-refractivity contribution in [2.75, 3.05) is 0 Å². The average molecular weight is 614 g/mol. The standard InChI is InChI=1S/C26H22Br2N4O4/c1-2-3-7-24-30-22-13-12-20(28)14-21(22)26(33)31(24)29-15-18-5-4-6-23(32(34)35)25(18)36-16-17-8-10-19(27)11-9-17/h4-6,8-15H,2-3,7,16H2,1H3. The molecule has 0 bridgehead atoms. The first kappa shape index (κ1) is 25.7. The third-order valence-corrected chi connectivity index (χ3v) is 6.48. The molecule has 0 radical (unpaired) electrons. The molecule has 0 spiro atoms. The van der Waals surface area contributed by atoms with E-state index in [0.717, 1.165) is 27.4 Å². The number of nitro benzene ring substituents is 1. The van der Waals surface area contributed by atoms with Crippen molar-refractivity contribution in [3.8, 4) is 5.75 Å². The maximum Gasteiger partial charge on any atom is 0.311 e. The highest BCUT2D eigenvalue weighted by Crippen LogP contribution is 2.31. The summed E-state index contributed by atoms with van der Waals surface area (Å²) in [5, 5.41) is 16.6. The molecule has 0 saturated carbocycles. The van der Waals surface area contributed by atoms with Gasteiger partial charge in [0.05, 0.1) is 22.0 Å². The maximum atomic E-state index is 13.3. The molecule has 0 fully saturated rings. The fourth-order valence-corrected chi connectivity index (χ4v) is 4.24. The largest absolute Gasteiger partial charge is 0.481 e. The van der Waals surface area contributed by atoms with Crippen molar-refractivity contribution in [3.63, 3.8) is 0 Å². The molecule has 0 unspecified atom stereocenters. The van der Waals surface area contributed by atoms with Gasteiger partial charge in [0.25, 0.3) is 5.56 Å². The molecule has 10 heteroatoms. The average Bonchev–Trinajstić information content (AvgIpc) is 2.87. The van der Waals surface area contributed by atoms with Crippen LogP contribution in [0.25, 0.3) is 10.9 Å². The summed E-state index contributed by atoms with van der Waals surface area (Å²) in [5.74, 6) is 0.601. The van der Waals surface area contributed by atoms with Gasteiger partial charge in [-0.15, -0.1) is 0 Å². The molecule has 4 aromatic rings. The van der Waals surface area contributed by atoms with E-state index in [1.54, 1.807) is 24.3 Å². The molecule has 0 amide bonds. The van der Waals surface area contributed by atoms with Crippen molar-refractivity contribution >= 4 is 54.7 Å². The quantitative estimate of drug-likeness (QED) is 0.120. The smallest absolute Gasteiger partial charge is 0.311 e. The Morgan fingerprint density at radius 1 is 1.11 bits per heavy atom. The monoisotopic (exact) mass is 612 g/mol. The Bertz CT molecular complexity index is 1500. The van der Waals surface area contributed by atoms with Crippen molar-refractivity contribution in [1.82, 2.24) is 9.66 Å². The summed E-state index contributed by atoms with van der Waals surface area (Å²) in [6.07, 6.45) is 3.74. The van der Waals surface area contributed by atoms with Crippen molar-refractivity contribution < 1.29 is 9.66 Å². The van der Waals surface area contributed by atoms with Gasteiger partial charge in [0.15, 0.2) is 0 Å². The van der Waals surface area contributed by atoms with Gasteiger partial charge < -0.3 is 4.74 Å².